The summed E-state index contributed by atoms with van der Waals surface area (Å²) in [6.45, 7) is 1.59. The van der Waals surface area contributed by atoms with E-state index in [2.05, 4.69) is 35.3 Å². The summed E-state index contributed by atoms with van der Waals surface area (Å²) < 4.78 is 5.31. The van der Waals surface area contributed by atoms with Crippen molar-refractivity contribution in [3.05, 3.63) is 42.1 Å². The molecule has 15 heavy (non-hydrogen) atoms. The lowest BCUT2D eigenvalue weighted by Crippen LogP contribution is -2.03. The number of nitrogens with one attached hydrogen (secondary N) is 1. The van der Waals surface area contributed by atoms with Crippen molar-refractivity contribution in [1.82, 2.24) is 4.98 Å². The van der Waals surface area contributed by atoms with Crippen LogP contribution in [0.2, 0.25) is 0 Å². The highest BCUT2D eigenvalue weighted by molar-refractivity contribution is 5.84. The molecule has 1 aromatic heterocycles. The highest BCUT2D eigenvalue weighted by Gasteiger charge is 2.06. The van der Waals surface area contributed by atoms with E-state index < -0.39 is 0 Å². The second kappa shape index (κ2) is 3.55. The van der Waals surface area contributed by atoms with Crippen LogP contribution in [0.4, 0.5) is 0 Å². The molecule has 2 aromatic rings. The van der Waals surface area contributed by atoms with Gasteiger partial charge in [0, 0.05) is 11.7 Å². The Labute approximate surface area is 88.6 Å². The topological polar surface area (TPSA) is 25.0 Å². The molecule has 0 saturated heterocycles. The third-order valence-corrected chi connectivity index (χ3v) is 2.89. The van der Waals surface area contributed by atoms with Crippen molar-refractivity contribution < 1.29 is 4.74 Å². The number of aromatic nitrogens is 1. The summed E-state index contributed by atoms with van der Waals surface area (Å²) in [6.07, 6.45) is 5.18. The fourth-order valence-corrected chi connectivity index (χ4v) is 2.04. The Bertz CT molecular complexity index is 510. The van der Waals surface area contributed by atoms with Crippen molar-refractivity contribution in [3.63, 3.8) is 0 Å². The van der Waals surface area contributed by atoms with Crippen LogP contribution < -0.4 is 0 Å². The molecule has 1 N–H and O–H groups in total. The molecule has 2 nitrogen and oxygen atoms in total. The highest BCUT2D eigenvalue weighted by Crippen LogP contribution is 2.24. The molecule has 0 radical (unpaired) electrons. The van der Waals surface area contributed by atoms with E-state index in [1.807, 2.05) is 6.20 Å². The molecule has 0 bridgehead atoms. The number of hydrogen-bond acceptors (Lipinski definition) is 1. The number of fused-ring (bicyclic) bond motifs is 1. The lowest BCUT2D eigenvalue weighted by molar-refractivity contribution is 0.161. The minimum Gasteiger partial charge on any atom is -0.377 e. The third kappa shape index (κ3) is 1.57. The van der Waals surface area contributed by atoms with E-state index in [0.29, 0.717) is 0 Å². The Hall–Kier alpha value is -1.54. The van der Waals surface area contributed by atoms with Gasteiger partial charge in [-0.15, -0.1) is 0 Å². The SMILES string of the molecule is C1=C(c2ccc3[nH]ccc3c2)CCOC1. The van der Waals surface area contributed by atoms with Gasteiger partial charge in [0.05, 0.1) is 13.2 Å². The van der Waals surface area contributed by atoms with Gasteiger partial charge in [-0.3, -0.25) is 0 Å². The smallest absolute Gasteiger partial charge is 0.0653 e. The van der Waals surface area contributed by atoms with Crippen molar-refractivity contribution in [2.24, 2.45) is 0 Å². The van der Waals surface area contributed by atoms with Gasteiger partial charge >= 0.3 is 0 Å². The Morgan fingerprint density at radius 3 is 3.07 bits per heavy atom. The van der Waals surface area contributed by atoms with Crippen LogP contribution in [0.3, 0.4) is 0 Å². The van der Waals surface area contributed by atoms with Gasteiger partial charge in [0.1, 0.15) is 0 Å². The first-order chi connectivity index (χ1) is 7.43. The average molecular weight is 199 g/mol. The van der Waals surface area contributed by atoms with Crippen LogP contribution in [-0.4, -0.2) is 18.2 Å². The fraction of sp³-hybridized carbons (Fsp3) is 0.231. The van der Waals surface area contributed by atoms with Gasteiger partial charge in [-0.05, 0) is 41.1 Å². The summed E-state index contributed by atoms with van der Waals surface area (Å²) >= 11 is 0. The molecule has 0 saturated carbocycles. The zero-order valence-electron chi connectivity index (χ0n) is 8.49. The number of hydrogen-bond donors (Lipinski definition) is 1. The molecular formula is C13H13NO. The lowest BCUT2D eigenvalue weighted by atomic mass is 10.0. The Morgan fingerprint density at radius 2 is 2.20 bits per heavy atom. The first kappa shape index (κ1) is 8.74. The van der Waals surface area contributed by atoms with E-state index in [1.165, 1.54) is 22.0 Å². The maximum absolute atomic E-state index is 5.31. The van der Waals surface area contributed by atoms with E-state index in [9.17, 15) is 0 Å². The minimum absolute atomic E-state index is 0.751. The van der Waals surface area contributed by atoms with Crippen molar-refractivity contribution >= 4 is 16.5 Å². The van der Waals surface area contributed by atoms with E-state index in [4.69, 9.17) is 4.74 Å². The first-order valence-electron chi connectivity index (χ1n) is 5.28. The van der Waals surface area contributed by atoms with Crippen LogP contribution in [0.15, 0.2) is 36.5 Å². The number of rotatable bonds is 1. The summed E-state index contributed by atoms with van der Waals surface area (Å²) in [7, 11) is 0. The molecule has 1 aliphatic heterocycles. The van der Waals surface area contributed by atoms with Gasteiger partial charge in [-0.2, -0.15) is 0 Å². The molecule has 76 valence electrons. The zero-order chi connectivity index (χ0) is 10.1. The Morgan fingerprint density at radius 1 is 1.20 bits per heavy atom. The molecule has 0 spiro atoms. The van der Waals surface area contributed by atoms with Gasteiger partial charge in [0.25, 0.3) is 0 Å². The number of benzene rings is 1. The summed E-state index contributed by atoms with van der Waals surface area (Å²) in [5.74, 6) is 0. The molecule has 3 rings (SSSR count). The van der Waals surface area contributed by atoms with Crippen LogP contribution in [0.1, 0.15) is 12.0 Å². The molecule has 0 atom stereocenters. The first-order valence-corrected chi connectivity index (χ1v) is 5.28. The van der Waals surface area contributed by atoms with Gasteiger partial charge in [-0.25, -0.2) is 0 Å². The van der Waals surface area contributed by atoms with E-state index in [0.717, 1.165) is 19.6 Å². The number of aromatic amines is 1. The zero-order valence-corrected chi connectivity index (χ0v) is 8.49. The largest absolute Gasteiger partial charge is 0.377 e. The molecule has 0 unspecified atom stereocenters. The predicted octanol–water partition coefficient (Wildman–Crippen LogP) is 2.97. The predicted molar refractivity (Wildman–Crippen MR) is 61.7 cm³/mol. The molecule has 1 aromatic carbocycles. The fourth-order valence-electron chi connectivity index (χ4n) is 2.04. The average Bonchev–Trinajstić information content (AvgIpc) is 2.77. The molecular weight excluding hydrogens is 186 g/mol. The van der Waals surface area contributed by atoms with Gasteiger partial charge in [0.15, 0.2) is 0 Å². The van der Waals surface area contributed by atoms with Crippen molar-refractivity contribution in [1.29, 1.82) is 0 Å². The van der Waals surface area contributed by atoms with Crippen LogP contribution in [0, 0.1) is 0 Å². The third-order valence-electron chi connectivity index (χ3n) is 2.89. The minimum atomic E-state index is 0.751. The second-order valence-electron chi connectivity index (χ2n) is 3.83. The maximum atomic E-state index is 5.31. The standard InChI is InChI=1S/C13H13NO/c1-2-13-12(3-6-14-13)9-11(1)10-4-7-15-8-5-10/h1-4,6,9,14H,5,7-8H2. The van der Waals surface area contributed by atoms with Crippen molar-refractivity contribution in [2.45, 2.75) is 6.42 Å². The summed E-state index contributed by atoms with van der Waals surface area (Å²) in [5, 5.41) is 1.28. The molecule has 2 heteroatoms. The van der Waals surface area contributed by atoms with Crippen LogP contribution in [-0.2, 0) is 4.74 Å². The molecule has 0 aliphatic carbocycles. The highest BCUT2D eigenvalue weighted by atomic mass is 16.5. The molecule has 2 heterocycles. The monoisotopic (exact) mass is 199 g/mol. The second-order valence-corrected chi connectivity index (χ2v) is 3.83. The van der Waals surface area contributed by atoms with Crippen LogP contribution >= 0.6 is 0 Å². The molecule has 1 aliphatic rings. The molecule has 0 amide bonds. The van der Waals surface area contributed by atoms with Crippen LogP contribution in [0.5, 0.6) is 0 Å². The van der Waals surface area contributed by atoms with E-state index >= 15 is 0 Å². The quantitative estimate of drug-likeness (QED) is 0.750. The maximum Gasteiger partial charge on any atom is 0.0653 e. The summed E-state index contributed by atoms with van der Waals surface area (Å²) in [6, 6.07) is 8.67. The van der Waals surface area contributed by atoms with E-state index in [-0.39, 0.29) is 0 Å². The van der Waals surface area contributed by atoms with Gasteiger partial charge in [-0.1, -0.05) is 12.1 Å². The number of ether oxygens (including phenoxy) is 1. The van der Waals surface area contributed by atoms with Crippen molar-refractivity contribution in [3.8, 4) is 0 Å². The normalized spacial score (nSPS) is 16.7. The molecule has 0 fully saturated rings. The summed E-state index contributed by atoms with van der Waals surface area (Å²) in [4.78, 5) is 3.21. The lowest BCUT2D eigenvalue weighted by Gasteiger charge is -2.13. The van der Waals surface area contributed by atoms with Gasteiger partial charge < -0.3 is 9.72 Å². The van der Waals surface area contributed by atoms with E-state index in [1.54, 1.807) is 0 Å². The number of H-pyrrole nitrogens is 1. The summed E-state index contributed by atoms with van der Waals surface area (Å²) in [5.41, 5.74) is 3.93. The van der Waals surface area contributed by atoms with Crippen molar-refractivity contribution in [2.75, 3.05) is 13.2 Å². The Balaban J connectivity index is 2.06. The Kier molecular flexibility index (Phi) is 2.07. The van der Waals surface area contributed by atoms with Gasteiger partial charge in [0.2, 0.25) is 0 Å². The van der Waals surface area contributed by atoms with Crippen LogP contribution in [0.25, 0.3) is 16.5 Å².